The number of nitrogens with one attached hydrogen (secondary N) is 2. The van der Waals surface area contributed by atoms with E-state index in [2.05, 4.69) is 20.7 Å². The van der Waals surface area contributed by atoms with Gasteiger partial charge in [0.15, 0.2) is 11.7 Å². The molecule has 0 saturated carbocycles. The molecule has 1 aliphatic rings. The molecule has 0 aliphatic carbocycles. The fourth-order valence-electron chi connectivity index (χ4n) is 3.06. The van der Waals surface area contributed by atoms with Gasteiger partial charge in [-0.15, -0.1) is 24.0 Å². The summed E-state index contributed by atoms with van der Waals surface area (Å²) in [5.41, 5.74) is -1.46. The Hall–Kier alpha value is -1.73. The van der Waals surface area contributed by atoms with Gasteiger partial charge in [0.2, 0.25) is 0 Å². The number of piperidine rings is 1. The van der Waals surface area contributed by atoms with Gasteiger partial charge in [-0.1, -0.05) is 0 Å². The van der Waals surface area contributed by atoms with Crippen molar-refractivity contribution in [2.24, 2.45) is 12.0 Å². The summed E-state index contributed by atoms with van der Waals surface area (Å²) < 4.78 is 45.8. The van der Waals surface area contributed by atoms with E-state index in [4.69, 9.17) is 4.74 Å². The number of aromatic nitrogens is 2. The lowest BCUT2D eigenvalue weighted by molar-refractivity contribution is -0.142. The fourth-order valence-corrected chi connectivity index (χ4v) is 3.06. The van der Waals surface area contributed by atoms with E-state index < -0.39 is 17.5 Å². The summed E-state index contributed by atoms with van der Waals surface area (Å²) in [6.45, 7) is 6.38. The van der Waals surface area contributed by atoms with Crippen molar-refractivity contribution in [3.63, 3.8) is 0 Å². The van der Waals surface area contributed by atoms with Gasteiger partial charge in [-0.25, -0.2) is 4.79 Å². The predicted octanol–water partition coefficient (Wildman–Crippen LogP) is 3.12. The van der Waals surface area contributed by atoms with Gasteiger partial charge in [-0.05, 0) is 33.6 Å². The zero-order valence-corrected chi connectivity index (χ0v) is 20.2. The van der Waals surface area contributed by atoms with Gasteiger partial charge in [0.25, 0.3) is 0 Å². The number of carbonyl (C=O) groups excluding carboxylic acids is 1. The number of rotatable bonds is 3. The second-order valence-corrected chi connectivity index (χ2v) is 8.01. The molecule has 172 valence electrons. The third kappa shape index (κ3) is 7.84. The average molecular weight is 546 g/mol. The molecule has 1 saturated heterocycles. The smallest absolute Gasteiger partial charge is 0.435 e. The van der Waals surface area contributed by atoms with Gasteiger partial charge >= 0.3 is 12.3 Å². The molecule has 0 radical (unpaired) electrons. The highest BCUT2D eigenvalue weighted by atomic mass is 127. The van der Waals surface area contributed by atoms with Crippen molar-refractivity contribution in [2.75, 3.05) is 20.1 Å². The third-order valence-corrected chi connectivity index (χ3v) is 4.26. The summed E-state index contributed by atoms with van der Waals surface area (Å²) in [5.74, 6) is 0.359. The second kappa shape index (κ2) is 10.5. The quantitative estimate of drug-likeness (QED) is 0.346. The maximum atomic E-state index is 13.1. The Morgan fingerprint density at radius 1 is 1.37 bits per heavy atom. The largest absolute Gasteiger partial charge is 0.444 e. The minimum Gasteiger partial charge on any atom is -0.444 e. The molecule has 1 aromatic rings. The summed E-state index contributed by atoms with van der Waals surface area (Å²) in [7, 11) is 2.98. The van der Waals surface area contributed by atoms with Crippen LogP contribution in [0.15, 0.2) is 11.2 Å². The molecule has 2 heterocycles. The zero-order valence-electron chi connectivity index (χ0n) is 17.8. The Morgan fingerprint density at radius 3 is 2.60 bits per heavy atom. The second-order valence-electron chi connectivity index (χ2n) is 8.01. The summed E-state index contributed by atoms with van der Waals surface area (Å²) >= 11 is 0. The van der Waals surface area contributed by atoms with Crippen LogP contribution in [0.2, 0.25) is 0 Å². The number of hydrogen-bond donors (Lipinski definition) is 2. The van der Waals surface area contributed by atoms with Crippen LogP contribution in [0.3, 0.4) is 0 Å². The SMILES string of the molecule is CN=C(NCc1cn(C)nc1C(F)(F)F)NC1CCCN(C(=O)OC(C)(C)C)C1.I. The molecule has 1 atom stereocenters. The monoisotopic (exact) mass is 546 g/mol. The number of alkyl halides is 3. The van der Waals surface area contributed by atoms with Crippen LogP contribution in [0.4, 0.5) is 18.0 Å². The highest BCUT2D eigenvalue weighted by Crippen LogP contribution is 2.30. The molecule has 2 N–H and O–H groups in total. The van der Waals surface area contributed by atoms with Crippen LogP contribution >= 0.6 is 24.0 Å². The first kappa shape index (κ1) is 26.3. The number of amides is 1. The Balaban J connectivity index is 0.00000450. The number of hydrogen-bond acceptors (Lipinski definition) is 4. The van der Waals surface area contributed by atoms with E-state index in [0.717, 1.165) is 17.5 Å². The Morgan fingerprint density at radius 2 is 2.03 bits per heavy atom. The average Bonchev–Trinajstić information content (AvgIpc) is 2.98. The topological polar surface area (TPSA) is 83.8 Å². The van der Waals surface area contributed by atoms with Gasteiger partial charge < -0.3 is 20.3 Å². The highest BCUT2D eigenvalue weighted by Gasteiger charge is 2.37. The van der Waals surface area contributed by atoms with E-state index in [9.17, 15) is 18.0 Å². The van der Waals surface area contributed by atoms with Crippen molar-refractivity contribution in [3.05, 3.63) is 17.5 Å². The molecule has 1 fully saturated rings. The molecule has 1 aromatic heterocycles. The van der Waals surface area contributed by atoms with Crippen molar-refractivity contribution in [1.29, 1.82) is 0 Å². The number of carbonyl (C=O) groups is 1. The van der Waals surface area contributed by atoms with E-state index in [1.165, 1.54) is 20.3 Å². The van der Waals surface area contributed by atoms with Crippen LogP contribution in [-0.4, -0.2) is 58.5 Å². The van der Waals surface area contributed by atoms with Gasteiger partial charge in [-0.3, -0.25) is 9.67 Å². The van der Waals surface area contributed by atoms with Gasteiger partial charge in [0, 0.05) is 51.5 Å². The molecule has 2 rings (SSSR count). The Kier molecular flexibility index (Phi) is 9.24. The minimum atomic E-state index is -4.52. The molecule has 0 spiro atoms. The van der Waals surface area contributed by atoms with Crippen LogP contribution in [0.5, 0.6) is 0 Å². The summed E-state index contributed by atoms with van der Waals surface area (Å²) in [6, 6.07) is -0.0848. The molecule has 30 heavy (non-hydrogen) atoms. The fraction of sp³-hybridized carbons (Fsp3) is 0.722. The first-order valence-corrected chi connectivity index (χ1v) is 9.44. The van der Waals surface area contributed by atoms with Crippen molar-refractivity contribution in [1.82, 2.24) is 25.3 Å². The van der Waals surface area contributed by atoms with Crippen LogP contribution in [-0.2, 0) is 24.5 Å². The third-order valence-electron chi connectivity index (χ3n) is 4.26. The number of guanidine groups is 1. The maximum Gasteiger partial charge on any atom is 0.435 e. The molecule has 0 aromatic carbocycles. The van der Waals surface area contributed by atoms with E-state index in [-0.39, 0.29) is 48.2 Å². The van der Waals surface area contributed by atoms with E-state index in [1.54, 1.807) is 4.90 Å². The number of aliphatic imine (C=N–C) groups is 1. The number of likely N-dealkylation sites (tertiary alicyclic amines) is 1. The van der Waals surface area contributed by atoms with Crippen LogP contribution in [0.1, 0.15) is 44.9 Å². The number of aryl methyl sites for hydroxylation is 1. The standard InChI is InChI=1S/C18H29F3N6O2.HI/c1-17(2,3)29-16(28)27-8-6-7-13(11-27)24-15(22-4)23-9-12-10-26(5)25-14(12)18(19,20)21;/h10,13H,6-9,11H2,1-5H3,(H2,22,23,24);1H. The molecule has 0 bridgehead atoms. The predicted molar refractivity (Wildman–Crippen MR) is 118 cm³/mol. The van der Waals surface area contributed by atoms with E-state index in [0.29, 0.717) is 19.0 Å². The van der Waals surface area contributed by atoms with Crippen molar-refractivity contribution < 1.29 is 22.7 Å². The number of nitrogens with zero attached hydrogens (tertiary/aromatic N) is 4. The molecular weight excluding hydrogens is 516 g/mol. The maximum absolute atomic E-state index is 13.1. The molecule has 8 nitrogen and oxygen atoms in total. The highest BCUT2D eigenvalue weighted by molar-refractivity contribution is 14.0. The molecule has 1 aliphatic heterocycles. The van der Waals surface area contributed by atoms with Crippen molar-refractivity contribution >= 4 is 36.0 Å². The summed E-state index contributed by atoms with van der Waals surface area (Å²) in [4.78, 5) is 18.0. The lowest BCUT2D eigenvalue weighted by Gasteiger charge is -2.35. The lowest BCUT2D eigenvalue weighted by atomic mass is 10.1. The van der Waals surface area contributed by atoms with Crippen LogP contribution in [0, 0.1) is 0 Å². The minimum absolute atomic E-state index is 0. The lowest BCUT2D eigenvalue weighted by Crippen LogP contribution is -2.53. The Bertz CT molecular complexity index is 745. The Labute approximate surface area is 191 Å². The van der Waals surface area contributed by atoms with Gasteiger partial charge in [-0.2, -0.15) is 18.3 Å². The van der Waals surface area contributed by atoms with E-state index >= 15 is 0 Å². The number of halogens is 4. The molecule has 12 heteroatoms. The first-order valence-electron chi connectivity index (χ1n) is 9.44. The zero-order chi connectivity index (χ0) is 21.8. The normalized spacial score (nSPS) is 17.9. The molecule has 1 amide bonds. The van der Waals surface area contributed by atoms with Gasteiger partial charge in [0.05, 0.1) is 0 Å². The van der Waals surface area contributed by atoms with Crippen LogP contribution in [0.25, 0.3) is 0 Å². The first-order chi connectivity index (χ1) is 13.4. The number of ether oxygens (including phenoxy) is 1. The molecular formula is C18H30F3IN6O2. The molecule has 1 unspecified atom stereocenters. The van der Waals surface area contributed by atoms with E-state index in [1.807, 2.05) is 20.8 Å². The van der Waals surface area contributed by atoms with Gasteiger partial charge in [0.1, 0.15) is 5.60 Å². The van der Waals surface area contributed by atoms with Crippen molar-refractivity contribution in [2.45, 2.75) is 58.0 Å². The van der Waals surface area contributed by atoms with Crippen LogP contribution < -0.4 is 10.6 Å². The summed E-state index contributed by atoms with van der Waals surface area (Å²) in [5, 5.41) is 9.55. The van der Waals surface area contributed by atoms with Crippen molar-refractivity contribution in [3.8, 4) is 0 Å². The summed E-state index contributed by atoms with van der Waals surface area (Å²) in [6.07, 6.45) is -1.98.